The topological polar surface area (TPSA) is 78.5 Å². The first-order valence-electron chi connectivity index (χ1n) is 10.8. The van der Waals surface area contributed by atoms with Crippen molar-refractivity contribution < 1.29 is 18.7 Å². The van der Waals surface area contributed by atoms with Crippen LogP contribution in [0.15, 0.2) is 71.4 Å². The lowest BCUT2D eigenvalue weighted by molar-refractivity contribution is 0.0992. The first-order valence-corrected chi connectivity index (χ1v) is 10.8. The summed E-state index contributed by atoms with van der Waals surface area (Å²) in [6.45, 7) is 6.68. The van der Waals surface area contributed by atoms with Crippen molar-refractivity contribution in [3.8, 4) is 11.5 Å². The minimum Gasteiger partial charge on any atom is -0.486 e. The van der Waals surface area contributed by atoms with Gasteiger partial charge in [-0.3, -0.25) is 4.79 Å². The number of hydrogen-bond acceptors (Lipinski definition) is 5. The molecule has 4 aromatic rings. The third kappa shape index (κ3) is 5.83. The van der Waals surface area contributed by atoms with Crippen LogP contribution >= 0.6 is 0 Å². The van der Waals surface area contributed by atoms with Crippen LogP contribution in [0.4, 0.5) is 5.69 Å². The van der Waals surface area contributed by atoms with Gasteiger partial charge in [-0.05, 0) is 73.4 Å². The Morgan fingerprint density at radius 2 is 1.79 bits per heavy atom. The maximum absolute atomic E-state index is 12.5. The molecule has 0 aliphatic heterocycles. The van der Waals surface area contributed by atoms with Gasteiger partial charge in [-0.15, -0.1) is 0 Å². The lowest BCUT2D eigenvalue weighted by Gasteiger charge is -2.07. The molecule has 0 bridgehead atoms. The van der Waals surface area contributed by atoms with Gasteiger partial charge in [-0.2, -0.15) is 5.10 Å². The maximum Gasteiger partial charge on any atom is 0.291 e. The van der Waals surface area contributed by atoms with Crippen LogP contribution in [-0.4, -0.2) is 15.7 Å². The molecule has 1 N–H and O–H groups in total. The minimum absolute atomic E-state index is 0.203. The second-order valence-corrected chi connectivity index (χ2v) is 7.79. The monoisotopic (exact) mass is 445 g/mol. The van der Waals surface area contributed by atoms with E-state index < -0.39 is 0 Å². The summed E-state index contributed by atoms with van der Waals surface area (Å²) in [5.74, 6) is 1.93. The average Bonchev–Trinajstić information content (AvgIpc) is 3.48. The molecule has 0 aliphatic rings. The Kier molecular flexibility index (Phi) is 6.78. The fourth-order valence-corrected chi connectivity index (χ4v) is 3.19. The van der Waals surface area contributed by atoms with E-state index in [9.17, 15) is 4.79 Å². The molecule has 0 unspecified atom stereocenters. The largest absolute Gasteiger partial charge is 0.486 e. The molecule has 7 heteroatoms. The van der Waals surface area contributed by atoms with Crippen LogP contribution in [0.5, 0.6) is 11.5 Å². The number of aromatic nitrogens is 2. The summed E-state index contributed by atoms with van der Waals surface area (Å²) in [4.78, 5) is 12.5. The van der Waals surface area contributed by atoms with E-state index in [1.165, 1.54) is 11.1 Å². The summed E-state index contributed by atoms with van der Waals surface area (Å²) in [6.07, 6.45) is 4.25. The number of hydrogen-bond donors (Lipinski definition) is 1. The Bertz CT molecular complexity index is 1220. The van der Waals surface area contributed by atoms with Crippen LogP contribution in [0, 0.1) is 13.8 Å². The number of nitrogens with zero attached hydrogens (tertiary/aromatic N) is 2. The van der Waals surface area contributed by atoms with E-state index in [0.29, 0.717) is 11.4 Å². The van der Waals surface area contributed by atoms with E-state index in [1.807, 2.05) is 49.4 Å². The quantitative estimate of drug-likeness (QED) is 0.367. The van der Waals surface area contributed by atoms with Gasteiger partial charge >= 0.3 is 0 Å². The molecule has 0 fully saturated rings. The third-order valence-electron chi connectivity index (χ3n) is 5.33. The number of anilines is 1. The first-order chi connectivity index (χ1) is 16.0. The molecule has 33 heavy (non-hydrogen) atoms. The highest BCUT2D eigenvalue weighted by molar-refractivity contribution is 6.02. The van der Waals surface area contributed by atoms with Crippen LogP contribution in [0.3, 0.4) is 0 Å². The molecule has 4 rings (SSSR count). The fourth-order valence-electron chi connectivity index (χ4n) is 3.19. The number of ether oxygens (including phenoxy) is 2. The zero-order valence-electron chi connectivity index (χ0n) is 19.0. The highest BCUT2D eigenvalue weighted by Gasteiger charge is 2.13. The predicted molar refractivity (Wildman–Crippen MR) is 126 cm³/mol. The van der Waals surface area contributed by atoms with Crippen LogP contribution in [0.2, 0.25) is 0 Å². The summed E-state index contributed by atoms with van der Waals surface area (Å²) in [6, 6.07) is 17.2. The lowest BCUT2D eigenvalue weighted by atomic mass is 10.1. The van der Waals surface area contributed by atoms with Crippen molar-refractivity contribution in [2.45, 2.75) is 40.5 Å². The highest BCUT2D eigenvalue weighted by Crippen LogP contribution is 2.19. The number of aryl methyl sites for hydroxylation is 3. The fraction of sp³-hybridized carbons (Fsp3) is 0.231. The maximum atomic E-state index is 12.5. The molecule has 0 saturated heterocycles. The molecular formula is C26H27N3O4. The van der Waals surface area contributed by atoms with Crippen molar-refractivity contribution in [2.24, 2.45) is 0 Å². The zero-order valence-corrected chi connectivity index (χ0v) is 19.0. The van der Waals surface area contributed by atoms with E-state index >= 15 is 0 Å². The molecule has 0 radical (unpaired) electrons. The van der Waals surface area contributed by atoms with Crippen molar-refractivity contribution in [1.82, 2.24) is 9.78 Å². The lowest BCUT2D eigenvalue weighted by Crippen LogP contribution is -2.10. The third-order valence-corrected chi connectivity index (χ3v) is 5.33. The zero-order chi connectivity index (χ0) is 23.2. The van der Waals surface area contributed by atoms with Crippen LogP contribution in [-0.2, 0) is 19.8 Å². The Morgan fingerprint density at radius 3 is 2.55 bits per heavy atom. The molecule has 7 nitrogen and oxygen atoms in total. The normalized spacial score (nSPS) is 10.8. The number of nitrogens with one attached hydrogen (secondary N) is 1. The second kappa shape index (κ2) is 10.1. The Morgan fingerprint density at radius 1 is 1.00 bits per heavy atom. The summed E-state index contributed by atoms with van der Waals surface area (Å²) in [5, 5.41) is 7.00. The number of amides is 1. The minimum atomic E-state index is -0.358. The van der Waals surface area contributed by atoms with E-state index in [2.05, 4.69) is 24.3 Å². The summed E-state index contributed by atoms with van der Waals surface area (Å²) in [5.41, 5.74) is 4.17. The molecule has 170 valence electrons. The van der Waals surface area contributed by atoms with Crippen molar-refractivity contribution >= 4 is 11.6 Å². The van der Waals surface area contributed by atoms with Crippen LogP contribution in [0.1, 0.15) is 39.9 Å². The first kappa shape index (κ1) is 22.2. The molecule has 0 saturated carbocycles. The molecular weight excluding hydrogens is 418 g/mol. The van der Waals surface area contributed by atoms with Crippen LogP contribution < -0.4 is 14.8 Å². The average molecular weight is 446 g/mol. The van der Waals surface area contributed by atoms with Crippen molar-refractivity contribution in [3.05, 3.63) is 95.2 Å². The molecule has 0 spiro atoms. The van der Waals surface area contributed by atoms with Gasteiger partial charge in [0, 0.05) is 0 Å². The van der Waals surface area contributed by atoms with E-state index in [4.69, 9.17) is 13.9 Å². The standard InChI is InChI=1S/C26H27N3O4/c1-4-20-6-9-22(10-7-20)32-17-29-15-21(14-27-29)28-26(30)25-12-11-24(33-25)16-31-23-8-5-18(2)19(3)13-23/h5-15H,4,16-17H2,1-3H3,(H,28,30). The summed E-state index contributed by atoms with van der Waals surface area (Å²) >= 11 is 0. The predicted octanol–water partition coefficient (Wildman–Crippen LogP) is 5.52. The van der Waals surface area contributed by atoms with E-state index in [1.54, 1.807) is 29.2 Å². The van der Waals surface area contributed by atoms with Gasteiger partial charge < -0.3 is 19.2 Å². The van der Waals surface area contributed by atoms with Crippen molar-refractivity contribution in [3.63, 3.8) is 0 Å². The number of carbonyl (C=O) groups is 1. The Hall–Kier alpha value is -4.00. The van der Waals surface area contributed by atoms with Crippen LogP contribution in [0.25, 0.3) is 0 Å². The van der Waals surface area contributed by atoms with Gasteiger partial charge in [0.2, 0.25) is 0 Å². The Balaban J connectivity index is 1.28. The molecule has 0 aliphatic carbocycles. The summed E-state index contributed by atoms with van der Waals surface area (Å²) in [7, 11) is 0. The number of carbonyl (C=O) groups excluding carboxylic acids is 1. The van der Waals surface area contributed by atoms with E-state index in [-0.39, 0.29) is 25.0 Å². The molecule has 2 aromatic carbocycles. The molecule has 0 atom stereocenters. The van der Waals surface area contributed by atoms with Gasteiger partial charge in [0.1, 0.15) is 23.9 Å². The van der Waals surface area contributed by atoms with Crippen molar-refractivity contribution in [1.29, 1.82) is 0 Å². The van der Waals surface area contributed by atoms with Crippen molar-refractivity contribution in [2.75, 3.05) is 5.32 Å². The highest BCUT2D eigenvalue weighted by atomic mass is 16.5. The van der Waals surface area contributed by atoms with Gasteiger partial charge in [0.05, 0.1) is 18.1 Å². The number of benzene rings is 2. The SMILES string of the molecule is CCc1ccc(OCn2cc(NC(=O)c3ccc(COc4ccc(C)c(C)c4)o3)cn2)cc1. The number of rotatable bonds is 9. The molecule has 1 amide bonds. The number of furan rings is 1. The second-order valence-electron chi connectivity index (χ2n) is 7.79. The van der Waals surface area contributed by atoms with Gasteiger partial charge in [-0.1, -0.05) is 25.1 Å². The van der Waals surface area contributed by atoms with Gasteiger partial charge in [0.15, 0.2) is 12.5 Å². The van der Waals surface area contributed by atoms with E-state index in [0.717, 1.165) is 23.5 Å². The van der Waals surface area contributed by atoms with Gasteiger partial charge in [0.25, 0.3) is 5.91 Å². The molecule has 2 aromatic heterocycles. The van der Waals surface area contributed by atoms with Gasteiger partial charge in [-0.25, -0.2) is 4.68 Å². The molecule has 2 heterocycles. The summed E-state index contributed by atoms with van der Waals surface area (Å²) < 4.78 is 18.7. The Labute approximate surface area is 192 Å². The smallest absolute Gasteiger partial charge is 0.291 e.